The predicted octanol–water partition coefficient (Wildman–Crippen LogP) is 4.93. The highest BCUT2D eigenvalue weighted by atomic mass is 19.4. The Morgan fingerprint density at radius 1 is 1.10 bits per heavy atom. The summed E-state index contributed by atoms with van der Waals surface area (Å²) in [4.78, 5) is 34.0. The summed E-state index contributed by atoms with van der Waals surface area (Å²) in [6.45, 7) is 4.66. The van der Waals surface area contributed by atoms with E-state index in [9.17, 15) is 22.8 Å². The molecule has 2 aliphatic heterocycles. The molecule has 8 nitrogen and oxygen atoms in total. The molecule has 214 valence electrons. The molecule has 0 bridgehead atoms. The van der Waals surface area contributed by atoms with Crippen molar-refractivity contribution in [3.8, 4) is 5.75 Å². The van der Waals surface area contributed by atoms with Crippen LogP contribution in [0.1, 0.15) is 66.5 Å². The number of aryl methyl sites for hydroxylation is 2. The number of benzene rings is 1. The molecule has 4 heterocycles. The first kappa shape index (κ1) is 27.9. The molecule has 1 saturated heterocycles. The van der Waals surface area contributed by atoms with E-state index in [1.807, 2.05) is 24.3 Å². The van der Waals surface area contributed by atoms with Crippen LogP contribution in [-0.2, 0) is 17.4 Å². The molecule has 1 aromatic carbocycles. The third kappa shape index (κ3) is 5.64. The number of ether oxygens (including phenoxy) is 1. The minimum atomic E-state index is -4.63. The molecule has 0 aliphatic carbocycles. The van der Waals surface area contributed by atoms with Crippen LogP contribution in [0.2, 0.25) is 0 Å². The monoisotopic (exact) mass is 557 g/mol. The van der Waals surface area contributed by atoms with Crippen LogP contribution in [0.5, 0.6) is 5.75 Å². The summed E-state index contributed by atoms with van der Waals surface area (Å²) in [5, 5.41) is 3.99. The number of carbonyl (C=O) groups excluding carboxylic acids is 2. The first-order chi connectivity index (χ1) is 19.0. The maximum absolute atomic E-state index is 13.6. The van der Waals surface area contributed by atoms with Gasteiger partial charge in [-0.3, -0.25) is 9.59 Å². The van der Waals surface area contributed by atoms with Gasteiger partial charge >= 0.3 is 6.18 Å². The highest BCUT2D eigenvalue weighted by Gasteiger charge is 2.39. The van der Waals surface area contributed by atoms with Crippen molar-refractivity contribution in [3.05, 3.63) is 59.0 Å². The van der Waals surface area contributed by atoms with Crippen LogP contribution in [0.25, 0.3) is 5.65 Å². The van der Waals surface area contributed by atoms with Crippen LogP contribution < -0.4 is 4.74 Å². The van der Waals surface area contributed by atoms with E-state index in [1.54, 1.807) is 23.8 Å². The van der Waals surface area contributed by atoms with Crippen LogP contribution in [0.3, 0.4) is 0 Å². The highest BCUT2D eigenvalue weighted by molar-refractivity contribution is 5.93. The van der Waals surface area contributed by atoms with Crippen LogP contribution in [0.4, 0.5) is 13.2 Å². The SMILES string of the molecule is Cc1cc(C(F)(F)F)n2nc(C(=O)N3CCC4(CCCCc5ccccc5O[C@H](C)C(=O)N(C)C4)CC3)cc2n1. The molecule has 1 fully saturated rings. The number of likely N-dealkylation sites (tertiary alicyclic amines) is 1. The van der Waals surface area contributed by atoms with E-state index in [4.69, 9.17) is 4.74 Å². The number of likely N-dealkylation sites (N-methyl/N-ethyl adjacent to an activating group) is 1. The zero-order valence-electron chi connectivity index (χ0n) is 23.0. The maximum Gasteiger partial charge on any atom is 0.433 e. The molecule has 1 atom stereocenters. The Balaban J connectivity index is 1.32. The van der Waals surface area contributed by atoms with E-state index in [0.29, 0.717) is 37.0 Å². The Bertz CT molecular complexity index is 1410. The number of nitrogens with zero attached hydrogens (tertiary/aromatic N) is 5. The molecule has 0 N–H and O–H groups in total. The summed E-state index contributed by atoms with van der Waals surface area (Å²) >= 11 is 0. The molecule has 40 heavy (non-hydrogen) atoms. The standard InChI is InChI=1S/C29H34F3N5O3/c1-19-16-24(29(30,31)32)37-25(33-19)17-22(34-37)27(39)36-14-12-28(13-15-36)11-7-6-9-21-8-4-5-10-23(21)40-20(2)26(38)35(3)18-28/h4-5,8,10,16-17,20H,6-7,9,11-15,18H2,1-3H3/t20-/m1/s1. The summed E-state index contributed by atoms with van der Waals surface area (Å²) < 4.78 is 47.5. The van der Waals surface area contributed by atoms with Crippen LogP contribution >= 0.6 is 0 Å². The van der Waals surface area contributed by atoms with Gasteiger partial charge in [0.25, 0.3) is 11.8 Å². The first-order valence-corrected chi connectivity index (χ1v) is 13.7. The lowest BCUT2D eigenvalue weighted by Crippen LogP contribution is -2.50. The number of hydrogen-bond acceptors (Lipinski definition) is 5. The number of aromatic nitrogens is 3. The Hall–Kier alpha value is -3.63. The van der Waals surface area contributed by atoms with Crippen LogP contribution in [-0.4, -0.2) is 69.0 Å². The molecule has 1 spiro atoms. The number of para-hydroxylation sites is 1. The van der Waals surface area contributed by atoms with Gasteiger partial charge in [-0.15, -0.1) is 0 Å². The molecule has 5 rings (SSSR count). The largest absolute Gasteiger partial charge is 0.481 e. The first-order valence-electron chi connectivity index (χ1n) is 13.7. The van der Waals surface area contributed by atoms with Crippen molar-refractivity contribution in [3.63, 3.8) is 0 Å². The average Bonchev–Trinajstić information content (AvgIpc) is 3.34. The number of carbonyl (C=O) groups is 2. The number of rotatable bonds is 1. The molecule has 2 aromatic heterocycles. The predicted molar refractivity (Wildman–Crippen MR) is 142 cm³/mol. The zero-order chi connectivity index (χ0) is 28.7. The quantitative estimate of drug-likeness (QED) is 0.424. The van der Waals surface area contributed by atoms with Crippen molar-refractivity contribution in [1.29, 1.82) is 0 Å². The van der Waals surface area contributed by atoms with Crippen molar-refractivity contribution in [2.75, 3.05) is 26.7 Å². The van der Waals surface area contributed by atoms with Crippen LogP contribution in [0, 0.1) is 12.3 Å². The fraction of sp³-hybridized carbons (Fsp3) is 0.517. The number of piperidine rings is 1. The Morgan fingerprint density at radius 2 is 1.82 bits per heavy atom. The lowest BCUT2D eigenvalue weighted by atomic mass is 9.73. The lowest BCUT2D eigenvalue weighted by Gasteiger charge is -2.44. The van der Waals surface area contributed by atoms with E-state index in [1.165, 1.54) is 13.0 Å². The fourth-order valence-corrected chi connectivity index (χ4v) is 6.01. The van der Waals surface area contributed by atoms with E-state index in [2.05, 4.69) is 10.1 Å². The van der Waals surface area contributed by atoms with E-state index in [0.717, 1.165) is 43.1 Å². The number of hydrogen-bond donors (Lipinski definition) is 0. The Labute approximate surface area is 231 Å². The number of halogens is 3. The molecule has 2 amide bonds. The Morgan fingerprint density at radius 3 is 2.55 bits per heavy atom. The molecule has 3 aromatic rings. The fourth-order valence-electron chi connectivity index (χ4n) is 6.01. The van der Waals surface area contributed by atoms with Gasteiger partial charge in [0, 0.05) is 38.4 Å². The third-order valence-corrected chi connectivity index (χ3v) is 8.15. The van der Waals surface area contributed by atoms with Gasteiger partial charge in [-0.05, 0) is 69.1 Å². The molecular formula is C29H34F3N5O3. The Kier molecular flexibility index (Phi) is 7.50. The second-order valence-electron chi connectivity index (χ2n) is 11.1. The minimum absolute atomic E-state index is 0.0125. The highest BCUT2D eigenvalue weighted by Crippen LogP contribution is 2.39. The van der Waals surface area contributed by atoms with Gasteiger partial charge in [0.15, 0.2) is 17.4 Å². The summed E-state index contributed by atoms with van der Waals surface area (Å²) in [6, 6.07) is 10.1. The van der Waals surface area contributed by atoms with Gasteiger partial charge in [-0.2, -0.15) is 18.3 Å². The van der Waals surface area contributed by atoms with Crippen molar-refractivity contribution in [2.45, 2.75) is 64.7 Å². The van der Waals surface area contributed by atoms with E-state index < -0.39 is 23.9 Å². The smallest absolute Gasteiger partial charge is 0.433 e. The molecule has 0 saturated carbocycles. The summed E-state index contributed by atoms with van der Waals surface area (Å²) in [6.07, 6.45) is -0.174. The van der Waals surface area contributed by atoms with E-state index >= 15 is 0 Å². The van der Waals surface area contributed by atoms with Gasteiger partial charge in [0.05, 0.1) is 0 Å². The summed E-state index contributed by atoms with van der Waals surface area (Å²) in [5.41, 5.74) is 0.0829. The van der Waals surface area contributed by atoms with E-state index in [-0.39, 0.29) is 28.4 Å². The van der Waals surface area contributed by atoms with Crippen molar-refractivity contribution in [1.82, 2.24) is 24.4 Å². The third-order valence-electron chi connectivity index (χ3n) is 8.15. The van der Waals surface area contributed by atoms with Gasteiger partial charge in [0.2, 0.25) is 0 Å². The molecule has 2 aliphatic rings. The van der Waals surface area contributed by atoms with Gasteiger partial charge < -0.3 is 14.5 Å². The lowest BCUT2D eigenvalue weighted by molar-refractivity contribution is -0.142. The maximum atomic E-state index is 13.6. The van der Waals surface area contributed by atoms with Gasteiger partial charge in [-0.1, -0.05) is 24.6 Å². The average molecular weight is 558 g/mol. The van der Waals surface area contributed by atoms with Crippen LogP contribution in [0.15, 0.2) is 36.4 Å². The molecule has 11 heteroatoms. The molecule has 0 unspecified atom stereocenters. The number of alkyl halides is 3. The molecule has 0 radical (unpaired) electrons. The number of fused-ring (bicyclic) bond motifs is 2. The second kappa shape index (κ2) is 10.7. The van der Waals surface area contributed by atoms with Crippen molar-refractivity contribution in [2.24, 2.45) is 5.41 Å². The second-order valence-corrected chi connectivity index (χ2v) is 11.1. The normalized spacial score (nSPS) is 20.6. The summed E-state index contributed by atoms with van der Waals surface area (Å²) in [5.74, 6) is 0.238. The molecular weight excluding hydrogens is 523 g/mol. The topological polar surface area (TPSA) is 80.0 Å². The van der Waals surface area contributed by atoms with Gasteiger partial charge in [-0.25, -0.2) is 9.50 Å². The summed E-state index contributed by atoms with van der Waals surface area (Å²) in [7, 11) is 1.79. The number of amides is 2. The van der Waals surface area contributed by atoms with Crippen molar-refractivity contribution < 1.29 is 27.5 Å². The van der Waals surface area contributed by atoms with Gasteiger partial charge in [0.1, 0.15) is 11.4 Å². The van der Waals surface area contributed by atoms with Crippen molar-refractivity contribution >= 4 is 17.5 Å². The zero-order valence-corrected chi connectivity index (χ0v) is 23.0. The minimum Gasteiger partial charge on any atom is -0.481 e.